The van der Waals surface area contributed by atoms with Crippen molar-refractivity contribution in [2.75, 3.05) is 26.6 Å². The number of Topliss-reactive ketones (excluding diaryl/α,β-unsaturated/α-hetero) is 3. The fourth-order valence-electron chi connectivity index (χ4n) is 7.87. The SMILES string of the molecule is COc1ccc(NC2=C3NC(=O)/C(C)=C\C=C\[C@H](C)[C@H](O)[C@@H](C)[C@H](O)[C@H](C)[C@H](OC(C)=O)[C@H](C)[C@@H](OC)/C=C/O[C@@]4(C)Oc5c(C)c(O)c(c(c5C4=O)C2=O)C3=O)cc1OC. The molecule has 6 rings (SSSR count). The van der Waals surface area contributed by atoms with E-state index < -0.39 is 111 Å². The van der Waals surface area contributed by atoms with Gasteiger partial charge in [-0.1, -0.05) is 45.9 Å². The second-order valence-corrected chi connectivity index (χ2v) is 15.7. The summed E-state index contributed by atoms with van der Waals surface area (Å²) in [5, 5.41) is 39.9. The highest BCUT2D eigenvalue weighted by molar-refractivity contribution is 6.33. The van der Waals surface area contributed by atoms with Crippen LogP contribution in [-0.2, 0) is 23.8 Å². The third-order valence-corrected chi connectivity index (χ3v) is 11.6. The molecule has 1 aliphatic carbocycles. The van der Waals surface area contributed by atoms with Crippen molar-refractivity contribution in [2.24, 2.45) is 23.7 Å². The topological polar surface area (TPSA) is 225 Å². The van der Waals surface area contributed by atoms with Crippen molar-refractivity contribution in [3.05, 3.63) is 88.0 Å². The van der Waals surface area contributed by atoms with E-state index >= 15 is 0 Å². The van der Waals surface area contributed by atoms with Crippen LogP contribution in [0.1, 0.15) is 85.1 Å². The molecule has 328 valence electrons. The van der Waals surface area contributed by atoms with Gasteiger partial charge in [0.1, 0.15) is 29.0 Å². The Hall–Kier alpha value is -5.97. The summed E-state index contributed by atoms with van der Waals surface area (Å²) in [6.45, 7) is 12.2. The lowest BCUT2D eigenvalue weighted by Crippen LogP contribution is -2.46. The van der Waals surface area contributed by atoms with Gasteiger partial charge in [-0.2, -0.15) is 0 Å². The maximum Gasteiger partial charge on any atom is 0.312 e. The number of aromatic hydroxyl groups is 1. The van der Waals surface area contributed by atoms with Gasteiger partial charge in [-0.15, -0.1) is 0 Å². The van der Waals surface area contributed by atoms with E-state index in [1.165, 1.54) is 79.4 Å². The van der Waals surface area contributed by atoms with Gasteiger partial charge in [-0.05, 0) is 32.1 Å². The summed E-state index contributed by atoms with van der Waals surface area (Å²) >= 11 is 0. The molecule has 61 heavy (non-hydrogen) atoms. The van der Waals surface area contributed by atoms with E-state index in [4.69, 9.17) is 28.4 Å². The van der Waals surface area contributed by atoms with Crippen LogP contribution < -0.4 is 24.8 Å². The fourth-order valence-corrected chi connectivity index (χ4v) is 7.87. The number of nitrogens with one attached hydrogen (secondary N) is 2. The highest BCUT2D eigenvalue weighted by atomic mass is 16.7. The van der Waals surface area contributed by atoms with Crippen molar-refractivity contribution in [3.8, 4) is 23.0 Å². The number of hydrogen-bond acceptors (Lipinski definition) is 15. The van der Waals surface area contributed by atoms with Gasteiger partial charge in [-0.25, -0.2) is 0 Å². The zero-order valence-electron chi connectivity index (χ0n) is 36.1. The number of allylic oxidation sites excluding steroid dienone is 4. The third-order valence-electron chi connectivity index (χ3n) is 11.6. The zero-order chi connectivity index (χ0) is 45.2. The van der Waals surface area contributed by atoms with Gasteiger partial charge in [0.05, 0.1) is 55.5 Å². The van der Waals surface area contributed by atoms with Crippen molar-refractivity contribution in [1.82, 2.24) is 5.32 Å². The van der Waals surface area contributed by atoms with Gasteiger partial charge in [0, 0.05) is 67.5 Å². The predicted molar refractivity (Wildman–Crippen MR) is 221 cm³/mol. The van der Waals surface area contributed by atoms with E-state index in [9.17, 15) is 39.3 Å². The van der Waals surface area contributed by atoms with Crippen molar-refractivity contribution < 1.29 is 67.7 Å². The van der Waals surface area contributed by atoms with Gasteiger partial charge in [0.2, 0.25) is 11.6 Å². The van der Waals surface area contributed by atoms with E-state index in [-0.39, 0.29) is 33.9 Å². The minimum Gasteiger partial charge on any atom is -0.507 e. The summed E-state index contributed by atoms with van der Waals surface area (Å²) in [6.07, 6.45) is 3.21. The Bertz CT molecular complexity index is 2240. The van der Waals surface area contributed by atoms with Crippen molar-refractivity contribution in [3.63, 3.8) is 0 Å². The number of hydrogen-bond donors (Lipinski definition) is 5. The first-order valence-corrected chi connectivity index (χ1v) is 19.8. The van der Waals surface area contributed by atoms with E-state index in [1.807, 2.05) is 0 Å². The first-order chi connectivity index (χ1) is 28.7. The number of fused-ring (bicyclic) bond motifs is 14. The predicted octanol–water partition coefficient (Wildman–Crippen LogP) is 5.09. The van der Waals surface area contributed by atoms with Crippen LogP contribution in [0.15, 0.2) is 65.7 Å². The molecular formula is C45H54N2O14. The first-order valence-electron chi connectivity index (χ1n) is 19.8. The quantitative estimate of drug-likeness (QED) is 0.239. The van der Waals surface area contributed by atoms with Crippen LogP contribution in [0.5, 0.6) is 23.0 Å². The number of aliphatic hydroxyl groups excluding tert-OH is 2. The van der Waals surface area contributed by atoms with Crippen LogP contribution >= 0.6 is 0 Å². The number of ether oxygens (including phenoxy) is 6. The Morgan fingerprint density at radius 3 is 2.16 bits per heavy atom. The molecule has 0 saturated heterocycles. The monoisotopic (exact) mass is 846 g/mol. The molecule has 16 nitrogen and oxygen atoms in total. The third kappa shape index (κ3) is 8.79. The molecule has 4 aliphatic rings. The highest BCUT2D eigenvalue weighted by Gasteiger charge is 2.53. The van der Waals surface area contributed by atoms with Crippen molar-refractivity contribution in [2.45, 2.75) is 85.6 Å². The maximum atomic E-state index is 14.8. The molecule has 0 radical (unpaired) electrons. The lowest BCUT2D eigenvalue weighted by atomic mass is 9.78. The normalized spacial score (nSPS) is 30.3. The standard InChI is InChI=1S/C45H54N2O14/c1-20-13-12-14-21(2)44(55)47-35-34(46-27-15-16-29(57-10)30(19-27)58-11)39(52)31-32(40(35)53)38(51)25(6)42-33(31)43(54)45(8,61-42)59-18-17-28(56-9)22(3)41(60-26(7)48)24(5)37(50)23(4)36(20)49/h12-20,22-24,28,36-37,41,46,49-51H,1-11H3,(H,47,55)/b13-12+,18-17+,21-14-/t20-,22+,23+,24-,28-,36-,37-,41+,45-/m0/s1. The van der Waals surface area contributed by atoms with Crippen LogP contribution in [0.2, 0.25) is 0 Å². The number of methoxy groups -OCH3 is 3. The minimum atomic E-state index is -2.13. The molecule has 9 atom stereocenters. The zero-order valence-corrected chi connectivity index (χ0v) is 36.1. The number of aliphatic hydroxyl groups is 2. The van der Waals surface area contributed by atoms with Crippen LogP contribution in [-0.4, -0.2) is 96.1 Å². The summed E-state index contributed by atoms with van der Waals surface area (Å²) in [5.74, 6) is -9.12. The van der Waals surface area contributed by atoms with Crippen molar-refractivity contribution in [1.29, 1.82) is 0 Å². The molecule has 2 aromatic carbocycles. The molecule has 0 unspecified atom stereocenters. The number of amides is 1. The number of phenols is 1. The minimum absolute atomic E-state index is 0.0426. The molecule has 1 amide bonds. The molecule has 0 saturated carbocycles. The number of anilines is 1. The van der Waals surface area contributed by atoms with E-state index in [0.29, 0.717) is 5.75 Å². The Morgan fingerprint density at radius 1 is 0.869 bits per heavy atom. The summed E-state index contributed by atoms with van der Waals surface area (Å²) in [5.41, 5.74) is -1.99. The van der Waals surface area contributed by atoms with Crippen molar-refractivity contribution >= 4 is 34.9 Å². The van der Waals surface area contributed by atoms with E-state index in [1.54, 1.807) is 39.8 Å². The van der Waals surface area contributed by atoms with E-state index in [0.717, 1.165) is 6.26 Å². The number of carbonyl (C=O) groups excluding carboxylic acids is 5. The average Bonchev–Trinajstić information content (AvgIpc) is 3.50. The Labute approximate surface area is 354 Å². The molecule has 5 N–H and O–H groups in total. The number of phenolic OH excluding ortho intramolecular Hbond substituents is 1. The second kappa shape index (κ2) is 18.3. The summed E-state index contributed by atoms with van der Waals surface area (Å²) in [6, 6.07) is 4.59. The summed E-state index contributed by atoms with van der Waals surface area (Å²) in [7, 11) is 4.26. The molecule has 16 heteroatoms. The summed E-state index contributed by atoms with van der Waals surface area (Å²) < 4.78 is 34.3. The van der Waals surface area contributed by atoms with Gasteiger partial charge >= 0.3 is 11.8 Å². The van der Waals surface area contributed by atoms with Crippen LogP contribution in [0, 0.1) is 30.6 Å². The number of esters is 1. The Balaban J connectivity index is 1.70. The molecular weight excluding hydrogens is 792 g/mol. The molecule has 5 bridgehead atoms. The molecule has 3 aliphatic heterocycles. The van der Waals surface area contributed by atoms with Gasteiger partial charge < -0.3 is 54.4 Å². The number of ketones is 3. The largest absolute Gasteiger partial charge is 0.507 e. The fraction of sp³-hybridized carbons (Fsp3) is 0.444. The molecule has 0 spiro atoms. The van der Waals surface area contributed by atoms with Crippen LogP contribution in [0.3, 0.4) is 0 Å². The summed E-state index contributed by atoms with van der Waals surface area (Å²) in [4.78, 5) is 69.9. The highest BCUT2D eigenvalue weighted by Crippen LogP contribution is 2.49. The lowest BCUT2D eigenvalue weighted by Gasteiger charge is -2.38. The van der Waals surface area contributed by atoms with Gasteiger partial charge in [0.25, 0.3) is 11.7 Å². The molecule has 3 heterocycles. The van der Waals surface area contributed by atoms with Gasteiger partial charge in [-0.3, -0.25) is 24.0 Å². The number of carbonyl (C=O) groups is 5. The number of rotatable bonds is 6. The molecule has 0 fully saturated rings. The maximum absolute atomic E-state index is 14.8. The van der Waals surface area contributed by atoms with Gasteiger partial charge in [0.15, 0.2) is 11.5 Å². The smallest absolute Gasteiger partial charge is 0.312 e. The van der Waals surface area contributed by atoms with E-state index in [2.05, 4.69) is 10.6 Å². The van der Waals surface area contributed by atoms with Crippen LogP contribution in [0.25, 0.3) is 0 Å². The molecule has 0 aromatic heterocycles. The Kier molecular flexibility index (Phi) is 13.9. The second-order valence-electron chi connectivity index (χ2n) is 15.7. The van der Waals surface area contributed by atoms with Crippen LogP contribution in [0.4, 0.5) is 5.69 Å². The lowest BCUT2D eigenvalue weighted by molar-refractivity contribution is -0.160. The number of benzene rings is 2. The Morgan fingerprint density at radius 2 is 1.54 bits per heavy atom. The average molecular weight is 847 g/mol. The molecule has 2 aromatic rings. The first kappa shape index (κ1) is 46.1.